The standard InChI is InChI=1S/C13H19F2N5.HI/c1-9-3-2-6-20(8-9)13(16)18-7-11-17-5-4-10(19-11)12(14)15;/h4-5,9,12H,2-3,6-8H2,1H3,(H2,16,18);1H. The summed E-state index contributed by atoms with van der Waals surface area (Å²) in [6.45, 7) is 4.07. The van der Waals surface area contributed by atoms with Gasteiger partial charge in [-0.2, -0.15) is 0 Å². The number of halogens is 3. The summed E-state index contributed by atoms with van der Waals surface area (Å²) in [4.78, 5) is 13.9. The Balaban J connectivity index is 0.00000220. The maximum Gasteiger partial charge on any atom is 0.280 e. The third-order valence-electron chi connectivity index (χ3n) is 3.31. The maximum absolute atomic E-state index is 12.5. The Kier molecular flexibility index (Phi) is 7.20. The molecule has 21 heavy (non-hydrogen) atoms. The van der Waals surface area contributed by atoms with Gasteiger partial charge in [0.25, 0.3) is 6.43 Å². The largest absolute Gasteiger partial charge is 0.370 e. The van der Waals surface area contributed by atoms with Crippen LogP contribution in [0.5, 0.6) is 0 Å². The molecule has 1 fully saturated rings. The van der Waals surface area contributed by atoms with Gasteiger partial charge in [0.1, 0.15) is 18.1 Å². The SMILES string of the molecule is CC1CCCN(C(N)=NCc2nccc(C(F)F)n2)C1.I. The minimum absolute atomic E-state index is 0. The van der Waals surface area contributed by atoms with E-state index in [0.717, 1.165) is 19.5 Å². The lowest BCUT2D eigenvalue weighted by molar-refractivity contribution is 0.145. The summed E-state index contributed by atoms with van der Waals surface area (Å²) >= 11 is 0. The fourth-order valence-corrected chi connectivity index (χ4v) is 2.26. The summed E-state index contributed by atoms with van der Waals surface area (Å²) in [5.41, 5.74) is 5.65. The van der Waals surface area contributed by atoms with E-state index in [1.165, 1.54) is 18.7 Å². The van der Waals surface area contributed by atoms with Crippen LogP contribution in [0.25, 0.3) is 0 Å². The van der Waals surface area contributed by atoms with Gasteiger partial charge in [0, 0.05) is 19.3 Å². The number of aromatic nitrogens is 2. The van der Waals surface area contributed by atoms with Crippen molar-refractivity contribution in [1.82, 2.24) is 14.9 Å². The molecule has 2 N–H and O–H groups in total. The van der Waals surface area contributed by atoms with Gasteiger partial charge in [-0.3, -0.25) is 0 Å². The zero-order valence-corrected chi connectivity index (χ0v) is 14.2. The Bertz CT molecular complexity index is 483. The van der Waals surface area contributed by atoms with Crippen molar-refractivity contribution in [2.75, 3.05) is 13.1 Å². The molecule has 0 saturated carbocycles. The average molecular weight is 411 g/mol. The van der Waals surface area contributed by atoms with E-state index in [1.54, 1.807) is 0 Å². The molecule has 1 saturated heterocycles. The highest BCUT2D eigenvalue weighted by Crippen LogP contribution is 2.16. The second-order valence-corrected chi connectivity index (χ2v) is 5.07. The summed E-state index contributed by atoms with van der Waals surface area (Å²) in [7, 11) is 0. The van der Waals surface area contributed by atoms with E-state index in [-0.39, 0.29) is 42.0 Å². The first kappa shape index (κ1) is 18.0. The molecule has 0 radical (unpaired) electrons. The summed E-state index contributed by atoms with van der Waals surface area (Å²) in [6, 6.07) is 1.20. The maximum atomic E-state index is 12.5. The number of alkyl halides is 2. The normalized spacial score (nSPS) is 19.5. The molecule has 2 heterocycles. The lowest BCUT2D eigenvalue weighted by Crippen LogP contribution is -2.43. The molecule has 0 amide bonds. The van der Waals surface area contributed by atoms with Crippen LogP contribution in [0.4, 0.5) is 8.78 Å². The van der Waals surface area contributed by atoms with Gasteiger partial charge in [-0.1, -0.05) is 6.92 Å². The van der Waals surface area contributed by atoms with E-state index >= 15 is 0 Å². The van der Waals surface area contributed by atoms with Gasteiger partial charge in [0.15, 0.2) is 5.96 Å². The van der Waals surface area contributed by atoms with E-state index in [1.807, 2.05) is 4.90 Å². The van der Waals surface area contributed by atoms with E-state index < -0.39 is 6.43 Å². The van der Waals surface area contributed by atoms with E-state index in [2.05, 4.69) is 21.9 Å². The first-order valence-corrected chi connectivity index (χ1v) is 6.71. The Morgan fingerprint density at radius 1 is 1.57 bits per heavy atom. The van der Waals surface area contributed by atoms with Crippen molar-refractivity contribution in [3.05, 3.63) is 23.8 Å². The number of rotatable bonds is 3. The molecule has 2 rings (SSSR count). The molecule has 1 aromatic rings. The molecule has 1 aromatic heterocycles. The predicted octanol–water partition coefficient (Wildman–Crippen LogP) is 2.58. The van der Waals surface area contributed by atoms with Crippen LogP contribution < -0.4 is 5.73 Å². The molecule has 0 spiro atoms. The molecule has 1 unspecified atom stereocenters. The fraction of sp³-hybridized carbons (Fsp3) is 0.615. The molecule has 0 aromatic carbocycles. The Hall–Kier alpha value is -1.06. The highest BCUT2D eigenvalue weighted by atomic mass is 127. The monoisotopic (exact) mass is 411 g/mol. The number of aliphatic imine (C=N–C) groups is 1. The van der Waals surface area contributed by atoms with Crippen molar-refractivity contribution in [2.24, 2.45) is 16.6 Å². The van der Waals surface area contributed by atoms with Crippen LogP contribution in [0, 0.1) is 5.92 Å². The van der Waals surface area contributed by atoms with E-state index in [9.17, 15) is 8.78 Å². The van der Waals surface area contributed by atoms with Gasteiger partial charge in [-0.25, -0.2) is 23.7 Å². The van der Waals surface area contributed by atoms with Gasteiger partial charge in [0.2, 0.25) is 0 Å². The van der Waals surface area contributed by atoms with Crippen LogP contribution in [-0.4, -0.2) is 33.9 Å². The number of hydrogen-bond donors (Lipinski definition) is 1. The van der Waals surface area contributed by atoms with Crippen molar-refractivity contribution < 1.29 is 8.78 Å². The zero-order chi connectivity index (χ0) is 14.5. The molecular formula is C13H20F2IN5. The topological polar surface area (TPSA) is 67.4 Å². The smallest absolute Gasteiger partial charge is 0.280 e. The summed E-state index contributed by atoms with van der Waals surface area (Å²) in [5, 5.41) is 0. The highest BCUT2D eigenvalue weighted by molar-refractivity contribution is 14.0. The van der Waals surface area contributed by atoms with Crippen LogP contribution in [0.3, 0.4) is 0 Å². The second-order valence-electron chi connectivity index (χ2n) is 5.07. The molecule has 0 aliphatic carbocycles. The number of likely N-dealkylation sites (tertiary alicyclic amines) is 1. The third kappa shape index (κ3) is 5.33. The minimum atomic E-state index is -2.60. The fourth-order valence-electron chi connectivity index (χ4n) is 2.26. The van der Waals surface area contributed by atoms with Gasteiger partial charge < -0.3 is 10.6 Å². The summed E-state index contributed by atoms with van der Waals surface area (Å²) in [6.07, 6.45) is 1.01. The summed E-state index contributed by atoms with van der Waals surface area (Å²) in [5.74, 6) is 1.29. The predicted molar refractivity (Wildman–Crippen MR) is 87.7 cm³/mol. The molecule has 118 valence electrons. The van der Waals surface area contributed by atoms with Crippen molar-refractivity contribution in [1.29, 1.82) is 0 Å². The molecule has 1 atom stereocenters. The number of piperidine rings is 1. The molecule has 1 aliphatic rings. The van der Waals surface area contributed by atoms with Crippen molar-refractivity contribution in [3.63, 3.8) is 0 Å². The molecule has 0 bridgehead atoms. The van der Waals surface area contributed by atoms with Crippen LogP contribution >= 0.6 is 24.0 Å². The van der Waals surface area contributed by atoms with Crippen LogP contribution in [0.15, 0.2) is 17.3 Å². The van der Waals surface area contributed by atoms with Crippen molar-refractivity contribution >= 4 is 29.9 Å². The number of hydrogen-bond acceptors (Lipinski definition) is 3. The first-order valence-electron chi connectivity index (χ1n) is 6.71. The van der Waals surface area contributed by atoms with Crippen molar-refractivity contribution in [3.8, 4) is 0 Å². The average Bonchev–Trinajstić information content (AvgIpc) is 2.45. The third-order valence-corrected chi connectivity index (χ3v) is 3.31. The van der Waals surface area contributed by atoms with Gasteiger partial charge in [-0.15, -0.1) is 24.0 Å². The van der Waals surface area contributed by atoms with E-state index in [0.29, 0.717) is 11.9 Å². The molecular weight excluding hydrogens is 391 g/mol. The van der Waals surface area contributed by atoms with Crippen LogP contribution in [0.1, 0.15) is 37.7 Å². The number of guanidine groups is 1. The molecule has 8 heteroatoms. The minimum Gasteiger partial charge on any atom is -0.370 e. The Morgan fingerprint density at radius 3 is 3.00 bits per heavy atom. The highest BCUT2D eigenvalue weighted by Gasteiger charge is 2.17. The van der Waals surface area contributed by atoms with Gasteiger partial charge in [-0.05, 0) is 24.8 Å². The van der Waals surface area contributed by atoms with Crippen LogP contribution in [0.2, 0.25) is 0 Å². The molecule has 1 aliphatic heterocycles. The lowest BCUT2D eigenvalue weighted by atomic mass is 10.0. The quantitative estimate of drug-likeness (QED) is 0.472. The van der Waals surface area contributed by atoms with Crippen molar-refractivity contribution in [2.45, 2.75) is 32.7 Å². The second kappa shape index (κ2) is 8.40. The number of nitrogens with two attached hydrogens (primary N) is 1. The number of nitrogens with zero attached hydrogens (tertiary/aromatic N) is 4. The lowest BCUT2D eigenvalue weighted by Gasteiger charge is -2.31. The van der Waals surface area contributed by atoms with E-state index in [4.69, 9.17) is 5.73 Å². The summed E-state index contributed by atoms with van der Waals surface area (Å²) < 4.78 is 25.0. The van der Waals surface area contributed by atoms with Gasteiger partial charge in [0.05, 0.1) is 0 Å². The Morgan fingerprint density at radius 2 is 2.33 bits per heavy atom. The van der Waals surface area contributed by atoms with Crippen LogP contribution in [-0.2, 0) is 6.54 Å². The first-order chi connectivity index (χ1) is 9.56. The Labute approximate surface area is 140 Å². The molecule has 5 nitrogen and oxygen atoms in total. The van der Waals surface area contributed by atoms with Gasteiger partial charge >= 0.3 is 0 Å². The zero-order valence-electron chi connectivity index (χ0n) is 11.9.